The van der Waals surface area contributed by atoms with Crippen molar-refractivity contribution in [2.24, 2.45) is 5.92 Å². The van der Waals surface area contributed by atoms with Gasteiger partial charge in [0.2, 0.25) is 0 Å². The third-order valence-electron chi connectivity index (χ3n) is 4.03. The first-order valence-corrected chi connectivity index (χ1v) is 9.21. The molecule has 0 unspecified atom stereocenters. The van der Waals surface area contributed by atoms with Gasteiger partial charge in [0.05, 0.1) is 11.7 Å². The van der Waals surface area contributed by atoms with Gasteiger partial charge in [-0.05, 0) is 45.1 Å². The SMILES string of the molecule is C1CCOC1.CC.CC(C)C1=CC(F)=c2ncn(C(C)C)c2=CC1. The van der Waals surface area contributed by atoms with E-state index in [0.717, 1.165) is 30.6 Å². The van der Waals surface area contributed by atoms with E-state index in [1.54, 1.807) is 12.4 Å². The highest BCUT2D eigenvalue weighted by molar-refractivity contribution is 5.53. The van der Waals surface area contributed by atoms with E-state index in [0.29, 0.717) is 17.3 Å². The number of hydrogen-bond donors (Lipinski definition) is 0. The van der Waals surface area contributed by atoms with Crippen LogP contribution in [0.2, 0.25) is 0 Å². The van der Waals surface area contributed by atoms with Crippen LogP contribution in [0.4, 0.5) is 4.39 Å². The molecule has 1 saturated heterocycles. The third-order valence-corrected chi connectivity index (χ3v) is 4.03. The molecule has 4 heteroatoms. The highest BCUT2D eigenvalue weighted by Crippen LogP contribution is 2.18. The minimum absolute atomic E-state index is 0.211. The van der Waals surface area contributed by atoms with Crippen LogP contribution < -0.4 is 10.7 Å². The zero-order chi connectivity index (χ0) is 18.1. The summed E-state index contributed by atoms with van der Waals surface area (Å²) in [7, 11) is 0. The molecule has 136 valence electrons. The Morgan fingerprint density at radius 2 is 1.75 bits per heavy atom. The van der Waals surface area contributed by atoms with Crippen molar-refractivity contribution < 1.29 is 9.13 Å². The van der Waals surface area contributed by atoms with Crippen LogP contribution >= 0.6 is 0 Å². The maximum Gasteiger partial charge on any atom is 0.150 e. The highest BCUT2D eigenvalue weighted by atomic mass is 19.1. The average Bonchev–Trinajstić information content (AvgIpc) is 3.23. The summed E-state index contributed by atoms with van der Waals surface area (Å²) in [5.41, 5.74) is 1.12. The number of allylic oxidation sites excluding steroid dienone is 2. The van der Waals surface area contributed by atoms with Crippen LogP contribution in [0.3, 0.4) is 0 Å². The lowest BCUT2D eigenvalue weighted by Crippen LogP contribution is -2.31. The zero-order valence-electron chi connectivity index (χ0n) is 16.1. The summed E-state index contributed by atoms with van der Waals surface area (Å²) < 4.78 is 21.0. The van der Waals surface area contributed by atoms with E-state index in [2.05, 4.69) is 38.8 Å². The summed E-state index contributed by atoms with van der Waals surface area (Å²) in [4.78, 5) is 4.19. The number of fused-ring (bicyclic) bond motifs is 1. The fourth-order valence-electron chi connectivity index (χ4n) is 2.59. The second-order valence-electron chi connectivity index (χ2n) is 6.43. The quantitative estimate of drug-likeness (QED) is 0.812. The topological polar surface area (TPSA) is 27.1 Å². The normalized spacial score (nSPS) is 16.4. The predicted molar refractivity (Wildman–Crippen MR) is 99.8 cm³/mol. The Hall–Kier alpha value is -1.42. The zero-order valence-corrected chi connectivity index (χ0v) is 16.1. The number of imidazole rings is 1. The Labute approximate surface area is 145 Å². The second-order valence-corrected chi connectivity index (χ2v) is 6.43. The van der Waals surface area contributed by atoms with Crippen LogP contribution in [-0.2, 0) is 4.74 Å². The smallest absolute Gasteiger partial charge is 0.150 e. The minimum Gasteiger partial charge on any atom is -0.381 e. The lowest BCUT2D eigenvalue weighted by molar-refractivity contribution is 0.198. The number of aromatic nitrogens is 2. The summed E-state index contributed by atoms with van der Waals surface area (Å²) in [5, 5.41) is 1.39. The molecule has 0 atom stereocenters. The second kappa shape index (κ2) is 10.4. The predicted octanol–water partition coefficient (Wildman–Crippen LogP) is 4.13. The number of ether oxygens (including phenoxy) is 1. The van der Waals surface area contributed by atoms with Crippen molar-refractivity contribution in [3.63, 3.8) is 0 Å². The molecular formula is C20H33FN2O. The van der Waals surface area contributed by atoms with Gasteiger partial charge in [-0.3, -0.25) is 0 Å². The van der Waals surface area contributed by atoms with Gasteiger partial charge < -0.3 is 9.30 Å². The Morgan fingerprint density at radius 3 is 2.21 bits per heavy atom. The van der Waals surface area contributed by atoms with Crippen molar-refractivity contribution in [1.29, 1.82) is 0 Å². The van der Waals surface area contributed by atoms with Crippen molar-refractivity contribution in [3.05, 3.63) is 28.7 Å². The van der Waals surface area contributed by atoms with Crippen LogP contribution in [0.15, 0.2) is 18.0 Å². The van der Waals surface area contributed by atoms with Gasteiger partial charge in [0.25, 0.3) is 0 Å². The van der Waals surface area contributed by atoms with Gasteiger partial charge in [-0.15, -0.1) is 0 Å². The summed E-state index contributed by atoms with van der Waals surface area (Å²) in [6.07, 6.45) is 8.81. The summed E-state index contributed by atoms with van der Waals surface area (Å²) in [6.45, 7) is 14.3. The molecule has 2 aliphatic rings. The Bertz CT molecular complexity index is 629. The first-order chi connectivity index (χ1) is 11.5. The van der Waals surface area contributed by atoms with Crippen molar-refractivity contribution >= 4 is 11.9 Å². The summed E-state index contributed by atoms with van der Waals surface area (Å²) in [6, 6.07) is 0.302. The lowest BCUT2D eigenvalue weighted by atomic mass is 10.00. The van der Waals surface area contributed by atoms with Crippen LogP contribution in [0.5, 0.6) is 0 Å². The van der Waals surface area contributed by atoms with Crippen LogP contribution in [-0.4, -0.2) is 22.8 Å². The largest absolute Gasteiger partial charge is 0.381 e. The molecule has 2 heterocycles. The fraction of sp³-hybridized carbons (Fsp3) is 0.650. The van der Waals surface area contributed by atoms with Crippen molar-refractivity contribution in [2.75, 3.05) is 13.2 Å². The number of hydrogen-bond acceptors (Lipinski definition) is 2. The molecular weight excluding hydrogens is 303 g/mol. The molecule has 0 saturated carbocycles. The minimum atomic E-state index is -0.211. The van der Waals surface area contributed by atoms with Gasteiger partial charge in [0.15, 0.2) is 5.83 Å². The molecule has 1 aliphatic carbocycles. The highest BCUT2D eigenvalue weighted by Gasteiger charge is 2.11. The van der Waals surface area contributed by atoms with Gasteiger partial charge in [-0.2, -0.15) is 0 Å². The number of halogens is 1. The lowest BCUT2D eigenvalue weighted by Gasteiger charge is -2.08. The first-order valence-electron chi connectivity index (χ1n) is 9.21. The van der Waals surface area contributed by atoms with Crippen molar-refractivity contribution in [2.45, 2.75) is 66.8 Å². The molecule has 3 rings (SSSR count). The molecule has 3 nitrogen and oxygen atoms in total. The Balaban J connectivity index is 0.000000346. The molecule has 1 aromatic heterocycles. The Morgan fingerprint density at radius 1 is 1.12 bits per heavy atom. The van der Waals surface area contributed by atoms with Gasteiger partial charge in [0.1, 0.15) is 5.35 Å². The van der Waals surface area contributed by atoms with Gasteiger partial charge in [-0.25, -0.2) is 9.37 Å². The van der Waals surface area contributed by atoms with E-state index in [1.165, 1.54) is 12.8 Å². The molecule has 1 aromatic rings. The van der Waals surface area contributed by atoms with Crippen LogP contribution in [0.1, 0.15) is 66.8 Å². The van der Waals surface area contributed by atoms with Crippen molar-refractivity contribution in [3.8, 4) is 0 Å². The molecule has 0 bridgehead atoms. The first kappa shape index (κ1) is 20.6. The fourth-order valence-corrected chi connectivity index (χ4v) is 2.59. The molecule has 0 radical (unpaired) electrons. The van der Waals surface area contributed by atoms with E-state index >= 15 is 0 Å². The van der Waals surface area contributed by atoms with Crippen LogP contribution in [0.25, 0.3) is 11.9 Å². The van der Waals surface area contributed by atoms with E-state index in [4.69, 9.17) is 4.74 Å². The summed E-state index contributed by atoms with van der Waals surface area (Å²) >= 11 is 0. The number of nitrogens with zero attached hydrogens (tertiary/aromatic N) is 2. The molecule has 0 aromatic carbocycles. The molecule has 0 amide bonds. The molecule has 1 fully saturated rings. The van der Waals surface area contributed by atoms with E-state index in [9.17, 15) is 4.39 Å². The van der Waals surface area contributed by atoms with Gasteiger partial charge in [-0.1, -0.05) is 39.3 Å². The summed E-state index contributed by atoms with van der Waals surface area (Å²) in [5.74, 6) is 0.158. The van der Waals surface area contributed by atoms with Gasteiger partial charge >= 0.3 is 0 Å². The van der Waals surface area contributed by atoms with E-state index < -0.39 is 0 Å². The molecule has 0 spiro atoms. The maximum absolute atomic E-state index is 14.1. The van der Waals surface area contributed by atoms with E-state index in [-0.39, 0.29) is 5.83 Å². The van der Waals surface area contributed by atoms with Crippen LogP contribution in [0, 0.1) is 5.92 Å². The standard InChI is InChI=1S/C14H19FN2.C4H8O.C2H6/c1-9(2)11-5-6-13-14(12(15)7-11)16-8-17(13)10(3)4;1-2-4-5-3-1;1-2/h6-10H,5H2,1-4H3;1-4H2;1-2H3. The average molecular weight is 336 g/mol. The number of rotatable bonds is 2. The van der Waals surface area contributed by atoms with E-state index in [1.807, 2.05) is 18.4 Å². The maximum atomic E-state index is 14.1. The third kappa shape index (κ3) is 5.59. The van der Waals surface area contributed by atoms with Gasteiger partial charge in [0, 0.05) is 19.3 Å². The molecule has 0 N–H and O–H groups in total. The Kier molecular flexibility index (Phi) is 8.98. The monoisotopic (exact) mass is 336 g/mol. The molecule has 1 aliphatic heterocycles. The molecule has 24 heavy (non-hydrogen) atoms. The van der Waals surface area contributed by atoms with Crippen molar-refractivity contribution in [1.82, 2.24) is 9.55 Å².